The molecule has 1 aromatic carbocycles. The fourth-order valence-electron chi connectivity index (χ4n) is 3.97. The van der Waals surface area contributed by atoms with E-state index >= 15 is 0 Å². The molecule has 4 rings (SSSR count). The predicted octanol–water partition coefficient (Wildman–Crippen LogP) is 3.99. The molecule has 152 valence electrons. The van der Waals surface area contributed by atoms with Gasteiger partial charge in [0.15, 0.2) is 12.3 Å². The number of rotatable bonds is 5. The van der Waals surface area contributed by atoms with Gasteiger partial charge in [0.2, 0.25) is 5.88 Å². The summed E-state index contributed by atoms with van der Waals surface area (Å²) in [5.41, 5.74) is 4.98. The zero-order chi connectivity index (χ0) is 20.4. The number of nitrogens with zero attached hydrogens (tertiary/aromatic N) is 4. The number of piperidine rings is 1. The van der Waals surface area contributed by atoms with Gasteiger partial charge in [-0.25, -0.2) is 4.68 Å². The number of aryl methyl sites for hydroxylation is 3. The van der Waals surface area contributed by atoms with Gasteiger partial charge in [0.1, 0.15) is 0 Å². The van der Waals surface area contributed by atoms with Crippen LogP contribution in [0.4, 0.5) is 0 Å². The van der Waals surface area contributed by atoms with Crippen LogP contribution in [-0.4, -0.2) is 45.3 Å². The summed E-state index contributed by atoms with van der Waals surface area (Å²) in [5, 5.41) is 5.74. The monoisotopic (exact) mass is 392 g/mol. The summed E-state index contributed by atoms with van der Waals surface area (Å²) in [6.07, 6.45) is 4.35. The standard InChI is InChI=1S/C23H28N4O2/c1-4-18-8-10-19(11-9-18)27-23-22(17(3)25-27)16(2)14-20(24-23)29-15-21(28)26-12-6-5-7-13-26/h8-11,14H,4-7,12-13,15H2,1-3H3. The minimum Gasteiger partial charge on any atom is -0.467 e. The molecule has 1 fully saturated rings. The highest BCUT2D eigenvalue weighted by Gasteiger charge is 2.19. The molecule has 1 amide bonds. The summed E-state index contributed by atoms with van der Waals surface area (Å²) in [5.74, 6) is 0.496. The molecule has 1 saturated heterocycles. The van der Waals surface area contributed by atoms with Gasteiger partial charge in [-0.15, -0.1) is 0 Å². The summed E-state index contributed by atoms with van der Waals surface area (Å²) in [6.45, 7) is 7.84. The first-order valence-corrected chi connectivity index (χ1v) is 10.4. The molecular weight excluding hydrogens is 364 g/mol. The molecule has 6 nitrogen and oxygen atoms in total. The molecular formula is C23H28N4O2. The van der Waals surface area contributed by atoms with E-state index in [4.69, 9.17) is 14.8 Å². The third-order valence-corrected chi connectivity index (χ3v) is 5.63. The van der Waals surface area contributed by atoms with Crippen LogP contribution in [0, 0.1) is 13.8 Å². The minimum absolute atomic E-state index is 0.0241. The number of fused-ring (bicyclic) bond motifs is 1. The van der Waals surface area contributed by atoms with Crippen LogP contribution in [0.2, 0.25) is 0 Å². The number of benzene rings is 1. The molecule has 2 aromatic heterocycles. The Bertz CT molecular complexity index is 1020. The number of carbonyl (C=O) groups is 1. The molecule has 0 bridgehead atoms. The van der Waals surface area contributed by atoms with Crippen molar-refractivity contribution in [1.29, 1.82) is 0 Å². The van der Waals surface area contributed by atoms with Crippen molar-refractivity contribution in [3.8, 4) is 11.6 Å². The summed E-state index contributed by atoms with van der Waals surface area (Å²) >= 11 is 0. The van der Waals surface area contributed by atoms with Crippen molar-refractivity contribution in [2.24, 2.45) is 0 Å². The Hall–Kier alpha value is -2.89. The molecule has 1 aliphatic heterocycles. The number of amides is 1. The quantitative estimate of drug-likeness (QED) is 0.659. The van der Waals surface area contributed by atoms with Crippen molar-refractivity contribution in [3.63, 3.8) is 0 Å². The Morgan fingerprint density at radius 3 is 2.52 bits per heavy atom. The second-order valence-corrected chi connectivity index (χ2v) is 7.72. The second kappa shape index (κ2) is 8.23. The third kappa shape index (κ3) is 3.97. The van der Waals surface area contributed by atoms with Gasteiger partial charge < -0.3 is 9.64 Å². The van der Waals surface area contributed by atoms with Crippen LogP contribution < -0.4 is 4.74 Å². The van der Waals surface area contributed by atoms with Crippen molar-refractivity contribution >= 4 is 16.9 Å². The summed E-state index contributed by atoms with van der Waals surface area (Å²) in [7, 11) is 0. The van der Waals surface area contributed by atoms with Crippen molar-refractivity contribution in [1.82, 2.24) is 19.7 Å². The first-order chi connectivity index (χ1) is 14.1. The Morgan fingerprint density at radius 1 is 1.10 bits per heavy atom. The number of aromatic nitrogens is 3. The molecule has 0 saturated carbocycles. The smallest absolute Gasteiger partial charge is 0.260 e. The Kier molecular flexibility index (Phi) is 5.51. The van der Waals surface area contributed by atoms with Crippen molar-refractivity contribution in [2.45, 2.75) is 46.5 Å². The molecule has 3 heterocycles. The van der Waals surface area contributed by atoms with Crippen molar-refractivity contribution < 1.29 is 9.53 Å². The van der Waals surface area contributed by atoms with Gasteiger partial charge in [-0.1, -0.05) is 19.1 Å². The fourth-order valence-corrected chi connectivity index (χ4v) is 3.97. The van der Waals surface area contributed by atoms with Crippen LogP contribution in [0.25, 0.3) is 16.7 Å². The minimum atomic E-state index is 0.0241. The first kappa shape index (κ1) is 19.4. The highest BCUT2D eigenvalue weighted by molar-refractivity contribution is 5.84. The maximum atomic E-state index is 12.4. The van der Waals surface area contributed by atoms with Crippen molar-refractivity contribution in [3.05, 3.63) is 47.2 Å². The molecule has 0 spiro atoms. The van der Waals surface area contributed by atoms with Gasteiger partial charge in [-0.3, -0.25) is 4.79 Å². The number of hydrogen-bond acceptors (Lipinski definition) is 4. The highest BCUT2D eigenvalue weighted by Crippen LogP contribution is 2.27. The topological polar surface area (TPSA) is 60.3 Å². The molecule has 0 aliphatic carbocycles. The Labute approximate surface area is 171 Å². The lowest BCUT2D eigenvalue weighted by Gasteiger charge is -2.26. The molecule has 0 N–H and O–H groups in total. The zero-order valence-electron chi connectivity index (χ0n) is 17.4. The largest absolute Gasteiger partial charge is 0.467 e. The van der Waals surface area contributed by atoms with Crippen molar-refractivity contribution in [2.75, 3.05) is 19.7 Å². The molecule has 3 aromatic rings. The average Bonchev–Trinajstić information content (AvgIpc) is 3.09. The van der Waals surface area contributed by atoms with Gasteiger partial charge in [0.25, 0.3) is 5.91 Å². The lowest BCUT2D eigenvalue weighted by Crippen LogP contribution is -2.38. The summed E-state index contributed by atoms with van der Waals surface area (Å²) in [4.78, 5) is 19.0. The van der Waals surface area contributed by atoms with E-state index < -0.39 is 0 Å². The van der Waals surface area contributed by atoms with E-state index in [-0.39, 0.29) is 12.5 Å². The first-order valence-electron chi connectivity index (χ1n) is 10.4. The molecule has 0 radical (unpaired) electrons. The van der Waals surface area contributed by atoms with Crippen LogP contribution in [0.3, 0.4) is 0 Å². The SMILES string of the molecule is CCc1ccc(-n2nc(C)c3c(C)cc(OCC(=O)N4CCCCC4)nc32)cc1. The number of pyridine rings is 1. The molecule has 6 heteroatoms. The van der Waals surface area contributed by atoms with Crippen LogP contribution in [0.5, 0.6) is 5.88 Å². The maximum absolute atomic E-state index is 12.4. The summed E-state index contributed by atoms with van der Waals surface area (Å²) < 4.78 is 7.66. The van der Waals surface area contributed by atoms with Gasteiger partial charge in [-0.2, -0.15) is 10.1 Å². The molecule has 0 atom stereocenters. The van der Waals surface area contributed by atoms with E-state index in [1.807, 2.05) is 29.5 Å². The number of likely N-dealkylation sites (tertiary alicyclic amines) is 1. The second-order valence-electron chi connectivity index (χ2n) is 7.72. The highest BCUT2D eigenvalue weighted by atomic mass is 16.5. The van der Waals surface area contributed by atoms with Gasteiger partial charge >= 0.3 is 0 Å². The van der Waals surface area contributed by atoms with Gasteiger partial charge in [-0.05, 0) is 62.8 Å². The average molecular weight is 393 g/mol. The maximum Gasteiger partial charge on any atom is 0.260 e. The molecule has 29 heavy (non-hydrogen) atoms. The van der Waals surface area contributed by atoms with Crippen LogP contribution in [0.1, 0.15) is 43.0 Å². The van der Waals surface area contributed by atoms with E-state index in [2.05, 4.69) is 31.2 Å². The van der Waals surface area contributed by atoms with E-state index in [1.165, 1.54) is 12.0 Å². The summed E-state index contributed by atoms with van der Waals surface area (Å²) in [6, 6.07) is 10.3. The van der Waals surface area contributed by atoms with Crippen LogP contribution >= 0.6 is 0 Å². The van der Waals surface area contributed by atoms with Crippen LogP contribution in [-0.2, 0) is 11.2 Å². The van der Waals surface area contributed by atoms with E-state index in [1.54, 1.807) is 0 Å². The normalized spacial score (nSPS) is 14.4. The van der Waals surface area contributed by atoms with E-state index in [9.17, 15) is 4.79 Å². The predicted molar refractivity (Wildman–Crippen MR) is 114 cm³/mol. The van der Waals surface area contributed by atoms with E-state index in [0.717, 1.165) is 60.3 Å². The number of carbonyl (C=O) groups excluding carboxylic acids is 1. The molecule has 0 unspecified atom stereocenters. The van der Waals surface area contributed by atoms with Gasteiger partial charge in [0, 0.05) is 24.5 Å². The Morgan fingerprint density at radius 2 is 1.83 bits per heavy atom. The van der Waals surface area contributed by atoms with Gasteiger partial charge in [0.05, 0.1) is 11.4 Å². The molecule has 1 aliphatic rings. The van der Waals surface area contributed by atoms with E-state index in [0.29, 0.717) is 5.88 Å². The lowest BCUT2D eigenvalue weighted by atomic mass is 10.1. The zero-order valence-corrected chi connectivity index (χ0v) is 17.4. The third-order valence-electron chi connectivity index (χ3n) is 5.63. The number of ether oxygens (including phenoxy) is 1. The Balaban J connectivity index is 1.61. The fraction of sp³-hybridized carbons (Fsp3) is 0.435. The lowest BCUT2D eigenvalue weighted by molar-refractivity contribution is -0.134. The number of hydrogen-bond donors (Lipinski definition) is 0. The van der Waals surface area contributed by atoms with Crippen LogP contribution in [0.15, 0.2) is 30.3 Å².